The number of carbonyl (C=O) groups is 1. The van der Waals surface area contributed by atoms with E-state index in [0.717, 1.165) is 52.6 Å². The van der Waals surface area contributed by atoms with E-state index in [1.807, 2.05) is 92.7 Å². The highest BCUT2D eigenvalue weighted by atomic mass is 16.5. The van der Waals surface area contributed by atoms with Gasteiger partial charge in [-0.1, -0.05) is 101 Å². The van der Waals surface area contributed by atoms with Crippen molar-refractivity contribution in [3.8, 4) is 5.75 Å². The van der Waals surface area contributed by atoms with E-state index in [1.54, 1.807) is 24.3 Å². The van der Waals surface area contributed by atoms with Crippen LogP contribution in [0.25, 0.3) is 21.5 Å². The van der Waals surface area contributed by atoms with Gasteiger partial charge in [0.1, 0.15) is 5.75 Å². The van der Waals surface area contributed by atoms with Crippen molar-refractivity contribution in [2.45, 2.75) is 73.6 Å². The van der Waals surface area contributed by atoms with Crippen molar-refractivity contribution in [1.82, 2.24) is 0 Å². The number of rotatable bonds is 10. The molecule has 0 amide bonds. The van der Waals surface area contributed by atoms with Gasteiger partial charge in [-0.05, 0) is 134 Å². The average Bonchev–Trinajstić information content (AvgIpc) is 3.28. The van der Waals surface area contributed by atoms with E-state index in [2.05, 4.69) is 83.4 Å². The molecular formula is C52H56N6O2. The van der Waals surface area contributed by atoms with Gasteiger partial charge in [0.2, 0.25) is 0 Å². The zero-order chi connectivity index (χ0) is 42.4. The maximum absolute atomic E-state index is 12.6. The molecule has 0 saturated heterocycles. The number of nitrogen functional groups attached to an aromatic ring is 1. The minimum atomic E-state index is -0.416. The van der Waals surface area contributed by atoms with Crippen molar-refractivity contribution in [3.05, 3.63) is 161 Å². The molecule has 8 heteroatoms. The van der Waals surface area contributed by atoms with E-state index in [9.17, 15) is 4.79 Å². The highest BCUT2D eigenvalue weighted by molar-refractivity contribution is 6.00. The molecule has 60 heavy (non-hydrogen) atoms. The Balaban J connectivity index is 0.000000297. The summed E-state index contributed by atoms with van der Waals surface area (Å²) in [4.78, 5) is 15.1. The smallest absolute Gasteiger partial charge is 0.343 e. The normalized spacial score (nSPS) is 12.2. The Bertz CT molecular complexity index is 2600. The molecule has 0 spiro atoms. The lowest BCUT2D eigenvalue weighted by Gasteiger charge is -2.31. The van der Waals surface area contributed by atoms with Crippen LogP contribution in [0.3, 0.4) is 0 Å². The van der Waals surface area contributed by atoms with Crippen LogP contribution in [0.5, 0.6) is 5.75 Å². The number of nitrogens with two attached hydrogens (primary N) is 1. The predicted octanol–water partition coefficient (Wildman–Crippen LogP) is 15.1. The second-order valence-corrected chi connectivity index (χ2v) is 14.8. The number of ether oxygens (including phenoxy) is 1. The fourth-order valence-electron chi connectivity index (χ4n) is 7.36. The van der Waals surface area contributed by atoms with Crippen LogP contribution in [-0.4, -0.2) is 19.1 Å². The van der Waals surface area contributed by atoms with Crippen LogP contribution < -0.4 is 15.4 Å². The number of aryl methyl sites for hydroxylation is 4. The number of nitrogens with zero attached hydrogens (tertiary/aromatic N) is 5. The van der Waals surface area contributed by atoms with Crippen LogP contribution in [0, 0.1) is 13.8 Å². The summed E-state index contributed by atoms with van der Waals surface area (Å²) in [6.07, 6.45) is 5.72. The molecule has 0 unspecified atom stereocenters. The quantitative estimate of drug-likeness (QED) is 0.0644. The van der Waals surface area contributed by atoms with Gasteiger partial charge in [0.15, 0.2) is 0 Å². The van der Waals surface area contributed by atoms with Gasteiger partial charge in [0, 0.05) is 40.6 Å². The van der Waals surface area contributed by atoms with Gasteiger partial charge in [-0.15, -0.1) is 15.3 Å². The van der Waals surface area contributed by atoms with E-state index in [0.29, 0.717) is 22.7 Å². The molecule has 306 valence electrons. The molecule has 7 aromatic carbocycles. The zero-order valence-corrected chi connectivity index (χ0v) is 35.8. The zero-order valence-electron chi connectivity index (χ0n) is 35.8. The first-order chi connectivity index (χ1) is 29.3. The van der Waals surface area contributed by atoms with Crippen molar-refractivity contribution < 1.29 is 9.53 Å². The molecule has 0 fully saturated rings. The largest absolute Gasteiger partial charge is 0.423 e. The molecule has 1 aliphatic rings. The molecule has 7 aromatic rings. The van der Waals surface area contributed by atoms with Crippen LogP contribution in [0.15, 0.2) is 154 Å². The minimum absolute atomic E-state index is 0.416. The van der Waals surface area contributed by atoms with Crippen molar-refractivity contribution in [3.63, 3.8) is 0 Å². The average molecular weight is 797 g/mol. The molecule has 8 rings (SSSR count). The van der Waals surface area contributed by atoms with Gasteiger partial charge in [-0.25, -0.2) is 4.79 Å². The minimum Gasteiger partial charge on any atom is -0.423 e. The maximum Gasteiger partial charge on any atom is 0.343 e. The Kier molecular flexibility index (Phi) is 14.9. The van der Waals surface area contributed by atoms with Gasteiger partial charge >= 0.3 is 5.97 Å². The van der Waals surface area contributed by atoms with Gasteiger partial charge in [-0.3, -0.25) is 0 Å². The van der Waals surface area contributed by atoms with Crippen molar-refractivity contribution >= 4 is 61.6 Å². The molecule has 1 aliphatic heterocycles. The van der Waals surface area contributed by atoms with Gasteiger partial charge < -0.3 is 15.4 Å². The number of fused-ring (bicyclic) bond motifs is 3. The SMILES string of the molecule is CC.CCCN1CCCc2cc(N)c(C)cc21.CCCc1ccc(OC(=O)c2ccc(N=Nc3ccc(N=Nc4ccc(C)c5ccccc45)c4ccccc34)cc2)cc1. The monoisotopic (exact) mass is 796 g/mol. The predicted molar refractivity (Wildman–Crippen MR) is 251 cm³/mol. The summed E-state index contributed by atoms with van der Waals surface area (Å²) in [5.41, 5.74) is 16.7. The first kappa shape index (κ1) is 42.9. The standard InChI is InChI=1S/C37H30N4O2.C13H20N2.C2H6/c1-3-8-26-14-20-29(21-15-26)43-37(42)27-16-18-28(19-17-27)38-39-35-23-24-36(33-12-7-6-11-32(33)35)41-40-34-22-13-25(2)30-9-4-5-10-31(30)34;1-3-6-15-7-4-5-11-9-12(14)10(2)8-13(11)15;1-2/h4-7,9-24H,3,8H2,1-2H3;8-9H,3-7,14H2,1-2H3;1-2H3. The van der Waals surface area contributed by atoms with Crippen LogP contribution >= 0.6 is 0 Å². The van der Waals surface area contributed by atoms with Crippen LogP contribution in [0.2, 0.25) is 0 Å². The third-order valence-corrected chi connectivity index (χ3v) is 10.5. The summed E-state index contributed by atoms with van der Waals surface area (Å²) >= 11 is 0. The van der Waals surface area contributed by atoms with E-state index < -0.39 is 5.97 Å². The summed E-state index contributed by atoms with van der Waals surface area (Å²) in [6, 6.07) is 43.0. The third kappa shape index (κ3) is 10.5. The number of esters is 1. The molecule has 0 radical (unpaired) electrons. The number of benzene rings is 7. The van der Waals surface area contributed by atoms with E-state index in [4.69, 9.17) is 10.5 Å². The summed E-state index contributed by atoms with van der Waals surface area (Å²) < 4.78 is 5.53. The molecule has 0 aromatic heterocycles. The first-order valence-corrected chi connectivity index (χ1v) is 21.2. The summed E-state index contributed by atoms with van der Waals surface area (Å²) in [6.45, 7) is 14.9. The van der Waals surface area contributed by atoms with Gasteiger partial charge in [0.25, 0.3) is 0 Å². The summed E-state index contributed by atoms with van der Waals surface area (Å²) in [5.74, 6) is 0.108. The number of anilines is 2. The molecule has 1 heterocycles. The first-order valence-electron chi connectivity index (χ1n) is 21.2. The van der Waals surface area contributed by atoms with Crippen LogP contribution in [-0.2, 0) is 12.8 Å². The lowest BCUT2D eigenvalue weighted by Crippen LogP contribution is -2.30. The van der Waals surface area contributed by atoms with Gasteiger partial charge in [0.05, 0.1) is 28.3 Å². The van der Waals surface area contributed by atoms with Crippen LogP contribution in [0.4, 0.5) is 34.1 Å². The second-order valence-electron chi connectivity index (χ2n) is 14.8. The highest BCUT2D eigenvalue weighted by Gasteiger charge is 2.17. The maximum atomic E-state index is 12.6. The fourth-order valence-corrected chi connectivity index (χ4v) is 7.36. The number of carbonyl (C=O) groups excluding carboxylic acids is 1. The van der Waals surface area contributed by atoms with E-state index in [-0.39, 0.29) is 0 Å². The topological polar surface area (TPSA) is 105 Å². The second kappa shape index (κ2) is 20.8. The molecule has 0 bridgehead atoms. The Morgan fingerprint density at radius 1 is 0.650 bits per heavy atom. The van der Waals surface area contributed by atoms with E-state index >= 15 is 0 Å². The molecule has 8 nitrogen and oxygen atoms in total. The highest BCUT2D eigenvalue weighted by Crippen LogP contribution is 2.37. The molecule has 2 N–H and O–H groups in total. The number of hydrogen-bond donors (Lipinski definition) is 1. The lowest BCUT2D eigenvalue weighted by atomic mass is 9.98. The lowest BCUT2D eigenvalue weighted by molar-refractivity contribution is 0.0734. The Hall–Kier alpha value is -6.67. The van der Waals surface area contributed by atoms with Crippen LogP contribution in [0.1, 0.15) is 79.6 Å². The Labute approximate surface area is 354 Å². The Morgan fingerprint density at radius 2 is 1.22 bits per heavy atom. The summed E-state index contributed by atoms with van der Waals surface area (Å²) in [5, 5.41) is 22.3. The number of azo groups is 2. The summed E-state index contributed by atoms with van der Waals surface area (Å²) in [7, 11) is 0. The molecule has 0 saturated carbocycles. The van der Waals surface area contributed by atoms with Crippen molar-refractivity contribution in [1.29, 1.82) is 0 Å². The van der Waals surface area contributed by atoms with Crippen molar-refractivity contribution in [2.75, 3.05) is 23.7 Å². The molecular weight excluding hydrogens is 741 g/mol. The Morgan fingerprint density at radius 3 is 1.82 bits per heavy atom. The molecule has 0 aliphatic carbocycles. The fraction of sp³-hybridized carbons (Fsp3) is 0.250. The number of hydrogen-bond acceptors (Lipinski definition) is 8. The van der Waals surface area contributed by atoms with Crippen molar-refractivity contribution in [2.24, 2.45) is 20.5 Å². The third-order valence-electron chi connectivity index (χ3n) is 10.5. The van der Waals surface area contributed by atoms with Gasteiger partial charge in [-0.2, -0.15) is 5.11 Å². The van der Waals surface area contributed by atoms with E-state index in [1.165, 1.54) is 59.1 Å². The molecule has 0 atom stereocenters.